The number of rotatable bonds is 11. The molecule has 0 unspecified atom stereocenters. The van der Waals surface area contributed by atoms with Crippen molar-refractivity contribution >= 4 is 207 Å². The number of aromatic hydroxyl groups is 4. The first-order chi connectivity index (χ1) is 50.3. The van der Waals surface area contributed by atoms with E-state index in [0.29, 0.717) is 76.3 Å². The zero-order valence-corrected chi connectivity index (χ0v) is 87.0. The number of benzene rings is 9. The van der Waals surface area contributed by atoms with Crippen LogP contribution in [0.15, 0.2) is 186 Å². The quantitative estimate of drug-likeness (QED) is 0.0583. The van der Waals surface area contributed by atoms with Gasteiger partial charge in [-0.1, -0.05) is 362 Å². The molecule has 0 saturated heterocycles. The molecule has 0 saturated carbocycles. The van der Waals surface area contributed by atoms with Crippen molar-refractivity contribution in [3.63, 3.8) is 0 Å². The van der Waals surface area contributed by atoms with Crippen LogP contribution in [0.5, 0.6) is 23.0 Å². The third-order valence-corrected chi connectivity index (χ3v) is 23.4. The maximum Gasteiger partial charge on any atom is 0.150 e. The monoisotopic (exact) mass is 2320 g/mol. The van der Waals surface area contributed by atoms with Crippen LogP contribution in [-0.2, 0) is 0 Å². The first kappa shape index (κ1) is 114. The molecule has 0 heterocycles. The average molecular weight is 2330 g/mol. The largest absolute Gasteiger partial charge is 0.508 e. The Morgan fingerprint density at radius 3 is 0.991 bits per heavy atom. The van der Waals surface area contributed by atoms with Crippen LogP contribution in [-0.4, -0.2) is 37.9 Å². The van der Waals surface area contributed by atoms with E-state index in [2.05, 4.69) is 400 Å². The third kappa shape index (κ3) is 43.1. The Hall–Kier alpha value is -2.47. The van der Waals surface area contributed by atoms with Crippen LogP contribution >= 0.6 is 194 Å². The Morgan fingerprint density at radius 2 is 0.600 bits per heavy atom. The summed E-state index contributed by atoms with van der Waals surface area (Å²) in [6.07, 6.45) is 1.81. The van der Waals surface area contributed by atoms with Gasteiger partial charge >= 0.3 is 0 Å². The highest BCUT2D eigenvalue weighted by molar-refractivity contribution is 14.1. The lowest BCUT2D eigenvalue weighted by Crippen LogP contribution is -1.96. The Labute approximate surface area is 770 Å². The summed E-state index contributed by atoms with van der Waals surface area (Å²) in [7, 11) is 0. The maximum atomic E-state index is 10.8. The molecule has 0 aliphatic rings. The molecule has 0 aliphatic carbocycles. The van der Waals surface area contributed by atoms with E-state index >= 15 is 0 Å². The van der Waals surface area contributed by atoms with Crippen molar-refractivity contribution in [3.05, 3.63) is 280 Å². The summed E-state index contributed by atoms with van der Waals surface area (Å²) in [6.45, 7) is 50.8. The molecule has 0 atom stereocenters. The predicted octanol–water partition coefficient (Wildman–Crippen LogP) is 36.5. The van der Waals surface area contributed by atoms with Crippen molar-refractivity contribution in [2.24, 2.45) is 0 Å². The van der Waals surface area contributed by atoms with Gasteiger partial charge in [-0.3, -0.25) is 9.59 Å². The molecule has 18 heteroatoms. The Kier molecular flexibility index (Phi) is 62.2. The van der Waals surface area contributed by atoms with E-state index in [9.17, 15) is 19.8 Å². The molecule has 0 fully saturated rings. The minimum absolute atomic E-state index is 0. The second-order valence-corrected chi connectivity index (χ2v) is 36.1. The number of hydrogen-bond donors (Lipinski definition) is 4. The average Bonchev–Trinajstić information content (AvgIpc) is 0.863. The van der Waals surface area contributed by atoms with Gasteiger partial charge in [0.1, 0.15) is 35.6 Å². The van der Waals surface area contributed by atoms with Crippen LogP contribution in [0.3, 0.4) is 0 Å². The Bertz CT molecular complexity index is 3990. The standard InChI is InChI=1S/2C11H13BrO.C10H12Br2.C10H13BrO.2C10H13Br.2C9H11BrO.C9H12O.CH3I.2CH4.Br2/c1-7(2)10-4-8(3)11(12)5-9(10)6-13;1-7(2)10-4-8(3)9(6-13)5-11(10)12;2*1-6(2)8-4-7(3)9(11)5-10(8)12;1-7(2)9-4-5-10(11)8(3)6-9;1-7(2)9-6-8(3)4-5-10(9)11;1-6(2)8-5-7(11)3-4-9(8)10;1-6(2)7-3-4-8(10)9(11)5-7;1-7(2)8-4-3-5-9(10)6-8;1-2;;;1-2/h2*4-7H,1-3H3;4-6H,1-3H3;4-6,12H,1-3H3;2*4-7H,1-3H3;2*3-6,11H,1-2H3;3-7,10H,1-2H3;1H3;2*1H4;. The SMILES string of the molecule is BrBr.C.C.CC(C)c1cc(O)ccc1Br.CC(C)c1ccc(Br)c(O)c1.CC(C)c1cccc(O)c1.CI.Cc1cc(C(C)C)c(Br)cc1Br.Cc1cc(C(C)C)c(Br)cc1C=O.Cc1cc(C(C)C)c(C=O)cc1Br.Cc1cc(C(C)C)c(O)cc1Br.Cc1cc(C(C)C)ccc1Br.Cc1ccc(Br)c(C(C)C)c1. The zero-order valence-electron chi connectivity index (χ0n) is 67.3. The molecule has 610 valence electrons. The summed E-state index contributed by atoms with van der Waals surface area (Å²) in [5.41, 5.74) is 19.9. The van der Waals surface area contributed by atoms with Gasteiger partial charge in [-0.25, -0.2) is 0 Å². The molecular formula is C92H122Br11IO6. The van der Waals surface area contributed by atoms with Crippen LogP contribution in [0.1, 0.15) is 297 Å². The third-order valence-electron chi connectivity index (χ3n) is 16.5. The molecule has 9 aromatic carbocycles. The Balaban J connectivity index is -0.000000570. The van der Waals surface area contributed by atoms with Crippen LogP contribution in [0, 0.1) is 41.5 Å². The first-order valence-electron chi connectivity index (χ1n) is 35.5. The van der Waals surface area contributed by atoms with Crippen molar-refractivity contribution in [2.75, 3.05) is 4.93 Å². The van der Waals surface area contributed by atoms with Crippen molar-refractivity contribution in [3.8, 4) is 23.0 Å². The van der Waals surface area contributed by atoms with Crippen molar-refractivity contribution in [2.45, 2.75) is 234 Å². The number of halogens is 12. The van der Waals surface area contributed by atoms with Gasteiger partial charge in [0.2, 0.25) is 0 Å². The van der Waals surface area contributed by atoms with E-state index in [1.807, 2.05) is 74.2 Å². The number of carbonyl (C=O) groups is 2. The zero-order chi connectivity index (χ0) is 83.9. The fourth-order valence-corrected chi connectivity index (χ4v) is 14.6. The van der Waals surface area contributed by atoms with E-state index in [4.69, 9.17) is 10.2 Å². The van der Waals surface area contributed by atoms with E-state index in [0.717, 1.165) is 79.4 Å². The van der Waals surface area contributed by atoms with Gasteiger partial charge in [-0.05, 0) is 272 Å². The number of hydrogen-bond acceptors (Lipinski definition) is 6. The van der Waals surface area contributed by atoms with Gasteiger partial charge < -0.3 is 20.4 Å². The number of alkyl halides is 1. The second-order valence-electron chi connectivity index (χ2n) is 28.4. The molecule has 9 rings (SSSR count). The molecule has 0 amide bonds. The van der Waals surface area contributed by atoms with Crippen LogP contribution in [0.25, 0.3) is 0 Å². The molecule has 4 N–H and O–H groups in total. The van der Waals surface area contributed by atoms with E-state index < -0.39 is 0 Å². The predicted molar refractivity (Wildman–Crippen MR) is 531 cm³/mol. The van der Waals surface area contributed by atoms with Gasteiger partial charge in [-0.15, -0.1) is 0 Å². The van der Waals surface area contributed by atoms with Gasteiger partial charge in [0.15, 0.2) is 0 Å². The fourth-order valence-electron chi connectivity index (χ4n) is 9.77. The van der Waals surface area contributed by atoms with Gasteiger partial charge in [0.25, 0.3) is 0 Å². The highest BCUT2D eigenvalue weighted by Crippen LogP contribution is 2.35. The van der Waals surface area contributed by atoms with Crippen molar-refractivity contribution in [1.82, 2.24) is 0 Å². The minimum Gasteiger partial charge on any atom is -0.508 e. The molecule has 0 spiro atoms. The number of aryl methyl sites for hydroxylation is 6. The topological polar surface area (TPSA) is 115 Å². The lowest BCUT2D eigenvalue weighted by atomic mass is 9.96. The van der Waals surface area contributed by atoms with Crippen LogP contribution < -0.4 is 0 Å². The van der Waals surface area contributed by atoms with Crippen molar-refractivity contribution in [1.29, 1.82) is 0 Å². The van der Waals surface area contributed by atoms with Gasteiger partial charge in [-0.2, -0.15) is 0 Å². The van der Waals surface area contributed by atoms with Crippen molar-refractivity contribution < 1.29 is 30.0 Å². The molecule has 9 aromatic rings. The normalized spacial score (nSPS) is 10.1. The lowest BCUT2D eigenvalue weighted by molar-refractivity contribution is 0.111. The molecular weight excluding hydrogens is 2210 g/mol. The number of phenolic OH excluding ortho intramolecular Hbond substituents is 4. The highest BCUT2D eigenvalue weighted by Gasteiger charge is 2.13. The highest BCUT2D eigenvalue weighted by atomic mass is 127. The summed E-state index contributed by atoms with van der Waals surface area (Å²) in [5, 5.41) is 37.1. The first-order valence-corrected chi connectivity index (χ1v) is 48.6. The van der Waals surface area contributed by atoms with E-state index in [1.165, 1.54) is 68.0 Å². The van der Waals surface area contributed by atoms with E-state index in [1.54, 1.807) is 36.4 Å². The Morgan fingerprint density at radius 1 is 0.273 bits per heavy atom. The van der Waals surface area contributed by atoms with Crippen LogP contribution in [0.2, 0.25) is 0 Å². The summed E-state index contributed by atoms with van der Waals surface area (Å²) in [4.78, 5) is 23.4. The summed E-state index contributed by atoms with van der Waals surface area (Å²) in [6, 6.07) is 47.4. The number of aldehydes is 2. The lowest BCUT2D eigenvalue weighted by Gasteiger charge is -2.10. The molecule has 0 aliphatic heterocycles. The van der Waals surface area contributed by atoms with Crippen LogP contribution in [0.4, 0.5) is 0 Å². The molecule has 0 aromatic heterocycles. The van der Waals surface area contributed by atoms with Gasteiger partial charge in [0, 0.05) is 75.2 Å². The fraction of sp³-hybridized carbons (Fsp3) is 0.391. The molecule has 110 heavy (non-hydrogen) atoms. The molecule has 0 bridgehead atoms. The summed E-state index contributed by atoms with van der Waals surface area (Å²) in [5.74, 6) is 5.83. The second kappa shape index (κ2) is 60.1. The summed E-state index contributed by atoms with van der Waals surface area (Å²) >= 11 is 38.6. The molecule has 0 radical (unpaired) electrons. The maximum absolute atomic E-state index is 10.8. The van der Waals surface area contributed by atoms with E-state index in [-0.39, 0.29) is 14.9 Å². The number of carbonyl (C=O) groups excluding carboxylic acids is 2. The van der Waals surface area contributed by atoms with Gasteiger partial charge in [0.05, 0.1) is 4.47 Å². The summed E-state index contributed by atoms with van der Waals surface area (Å²) < 4.78 is 9.57. The number of phenols is 4. The minimum atomic E-state index is 0. The molecule has 6 nitrogen and oxygen atoms in total. The smallest absolute Gasteiger partial charge is 0.150 e.